The normalized spacial score (nSPS) is 11.1. The van der Waals surface area contributed by atoms with Crippen molar-refractivity contribution >= 4 is 21.7 Å². The molecule has 1 heterocycles. The van der Waals surface area contributed by atoms with Gasteiger partial charge in [0.25, 0.3) is 0 Å². The number of aromatic nitrogens is 1. The molecule has 4 nitrogen and oxygen atoms in total. The third-order valence-electron chi connectivity index (χ3n) is 3.70. The molecule has 1 aromatic heterocycles. The van der Waals surface area contributed by atoms with Gasteiger partial charge in [0.1, 0.15) is 23.2 Å². The number of ether oxygens (including phenoxy) is 1. The zero-order chi connectivity index (χ0) is 19.6. The van der Waals surface area contributed by atoms with E-state index in [9.17, 15) is 18.4 Å². The third kappa shape index (κ3) is 4.38. The van der Waals surface area contributed by atoms with Crippen molar-refractivity contribution in [2.75, 3.05) is 5.73 Å². The van der Waals surface area contributed by atoms with Crippen LogP contribution in [-0.4, -0.2) is 11.3 Å². The first-order valence-electron chi connectivity index (χ1n) is 7.59. The van der Waals surface area contributed by atoms with Gasteiger partial charge in [0.2, 0.25) is 0 Å². The number of benzene rings is 2. The number of nitriles is 1. The molecule has 0 unspecified atom stereocenters. The van der Waals surface area contributed by atoms with E-state index in [2.05, 4.69) is 25.7 Å². The lowest BCUT2D eigenvalue weighted by Crippen LogP contribution is -2.16. The number of nitrogen functional groups attached to an aromatic ring is 1. The Hall–Kier alpha value is -3.05. The quantitative estimate of drug-likeness (QED) is 0.589. The summed E-state index contributed by atoms with van der Waals surface area (Å²) in [6.45, 7) is 0. The van der Waals surface area contributed by atoms with Crippen molar-refractivity contribution in [3.8, 4) is 34.2 Å². The second kappa shape index (κ2) is 7.29. The molecule has 27 heavy (non-hydrogen) atoms. The summed E-state index contributed by atoms with van der Waals surface area (Å²) in [5, 5.41) is 9.42. The molecule has 0 amide bonds. The maximum atomic E-state index is 12.3. The molecule has 0 aliphatic heterocycles. The number of hydrogen-bond donors (Lipinski definition) is 1. The van der Waals surface area contributed by atoms with Gasteiger partial charge in [-0.05, 0) is 35.9 Å². The van der Waals surface area contributed by atoms with Crippen LogP contribution in [0.4, 0.5) is 19.0 Å². The highest BCUT2D eigenvalue weighted by molar-refractivity contribution is 9.10. The van der Waals surface area contributed by atoms with Crippen molar-refractivity contribution in [3.63, 3.8) is 0 Å². The summed E-state index contributed by atoms with van der Waals surface area (Å²) >= 11 is 3.35. The van der Waals surface area contributed by atoms with Gasteiger partial charge in [0.05, 0.1) is 5.69 Å². The fourth-order valence-corrected chi connectivity index (χ4v) is 2.78. The smallest absolute Gasteiger partial charge is 0.406 e. The average Bonchev–Trinajstić information content (AvgIpc) is 2.61. The summed E-state index contributed by atoms with van der Waals surface area (Å²) in [5.74, 6) is -0.302. The van der Waals surface area contributed by atoms with Gasteiger partial charge in [-0.25, -0.2) is 4.98 Å². The lowest BCUT2D eigenvalue weighted by Gasteiger charge is -2.12. The fourth-order valence-electron chi connectivity index (χ4n) is 2.51. The molecule has 2 N–H and O–H groups in total. The molecule has 0 radical (unpaired) electrons. The number of alkyl halides is 3. The van der Waals surface area contributed by atoms with Crippen LogP contribution in [0.1, 0.15) is 5.56 Å². The van der Waals surface area contributed by atoms with Crippen LogP contribution in [0.25, 0.3) is 22.4 Å². The summed E-state index contributed by atoms with van der Waals surface area (Å²) in [5.41, 5.74) is 8.41. The van der Waals surface area contributed by atoms with E-state index in [4.69, 9.17) is 5.73 Å². The predicted octanol–water partition coefficient (Wildman–Crippen LogP) is 5.53. The van der Waals surface area contributed by atoms with Gasteiger partial charge in [-0.2, -0.15) is 5.26 Å². The average molecular weight is 434 g/mol. The standard InChI is InChI=1S/C19H11BrF3N3O/c20-13-5-1-12(2-6-13)17-9-15(16(10-24)18(25)26-17)11-3-7-14(8-4-11)27-19(21,22)23/h1-9H,(H2,25,26). The highest BCUT2D eigenvalue weighted by Gasteiger charge is 2.31. The van der Waals surface area contributed by atoms with Crippen LogP contribution < -0.4 is 10.5 Å². The lowest BCUT2D eigenvalue weighted by molar-refractivity contribution is -0.274. The van der Waals surface area contributed by atoms with E-state index in [1.165, 1.54) is 24.3 Å². The van der Waals surface area contributed by atoms with Crippen molar-refractivity contribution in [1.82, 2.24) is 4.98 Å². The first kappa shape index (κ1) is 18.7. The first-order chi connectivity index (χ1) is 12.8. The van der Waals surface area contributed by atoms with E-state index < -0.39 is 6.36 Å². The number of nitrogens with zero attached hydrogens (tertiary/aromatic N) is 2. The molecule has 3 aromatic rings. The Morgan fingerprint density at radius 2 is 1.59 bits per heavy atom. The lowest BCUT2D eigenvalue weighted by atomic mass is 9.98. The minimum Gasteiger partial charge on any atom is -0.406 e. The zero-order valence-electron chi connectivity index (χ0n) is 13.6. The molecule has 0 atom stereocenters. The highest BCUT2D eigenvalue weighted by atomic mass is 79.9. The monoisotopic (exact) mass is 433 g/mol. The first-order valence-corrected chi connectivity index (χ1v) is 8.39. The minimum absolute atomic E-state index is 0.0449. The summed E-state index contributed by atoms with van der Waals surface area (Å²) in [7, 11) is 0. The number of halogens is 4. The topological polar surface area (TPSA) is 71.9 Å². The van der Waals surface area contributed by atoms with E-state index in [-0.39, 0.29) is 17.1 Å². The van der Waals surface area contributed by atoms with Gasteiger partial charge in [-0.1, -0.05) is 40.2 Å². The largest absolute Gasteiger partial charge is 0.573 e. The second-order valence-electron chi connectivity index (χ2n) is 5.51. The molecule has 0 aliphatic rings. The van der Waals surface area contributed by atoms with Crippen molar-refractivity contribution in [3.05, 3.63) is 64.6 Å². The predicted molar refractivity (Wildman–Crippen MR) is 98.6 cm³/mol. The minimum atomic E-state index is -4.77. The van der Waals surface area contributed by atoms with E-state index in [1.54, 1.807) is 6.07 Å². The molecular formula is C19H11BrF3N3O. The molecule has 2 aromatic carbocycles. The Balaban J connectivity index is 2.06. The summed E-state index contributed by atoms with van der Waals surface area (Å²) in [6.07, 6.45) is -4.77. The number of nitrogens with two attached hydrogens (primary N) is 1. The molecule has 0 saturated carbocycles. The molecule has 3 rings (SSSR count). The van der Waals surface area contributed by atoms with Gasteiger partial charge >= 0.3 is 6.36 Å². The second-order valence-corrected chi connectivity index (χ2v) is 6.42. The maximum Gasteiger partial charge on any atom is 0.573 e. The van der Waals surface area contributed by atoms with Gasteiger partial charge in [-0.3, -0.25) is 0 Å². The van der Waals surface area contributed by atoms with Crippen molar-refractivity contribution < 1.29 is 17.9 Å². The summed E-state index contributed by atoms with van der Waals surface area (Å²) in [4.78, 5) is 4.26. The Bertz CT molecular complexity index is 1010. The summed E-state index contributed by atoms with van der Waals surface area (Å²) < 4.78 is 41.7. The van der Waals surface area contributed by atoms with Crippen LogP contribution in [-0.2, 0) is 0 Å². The Morgan fingerprint density at radius 3 is 2.15 bits per heavy atom. The van der Waals surface area contributed by atoms with Crippen molar-refractivity contribution in [2.45, 2.75) is 6.36 Å². The number of anilines is 1. The molecule has 0 spiro atoms. The number of rotatable bonds is 3. The van der Waals surface area contributed by atoms with E-state index in [1.807, 2.05) is 30.3 Å². The SMILES string of the molecule is N#Cc1c(-c2ccc(OC(F)(F)F)cc2)cc(-c2ccc(Br)cc2)nc1N. The highest BCUT2D eigenvalue weighted by Crippen LogP contribution is 2.33. The Kier molecular flexibility index (Phi) is 5.06. The van der Waals surface area contributed by atoms with Crippen LogP contribution in [0.15, 0.2) is 59.1 Å². The molecule has 136 valence electrons. The third-order valence-corrected chi connectivity index (χ3v) is 4.23. The molecule has 0 bridgehead atoms. The summed E-state index contributed by atoms with van der Waals surface area (Å²) in [6, 6.07) is 16.3. The van der Waals surface area contributed by atoms with Crippen LogP contribution in [0, 0.1) is 11.3 Å². The van der Waals surface area contributed by atoms with Crippen molar-refractivity contribution in [1.29, 1.82) is 5.26 Å². The number of hydrogen-bond acceptors (Lipinski definition) is 4. The van der Waals surface area contributed by atoms with Crippen molar-refractivity contribution in [2.24, 2.45) is 0 Å². The number of pyridine rings is 1. The molecular weight excluding hydrogens is 423 g/mol. The fraction of sp³-hybridized carbons (Fsp3) is 0.0526. The van der Waals surface area contributed by atoms with Gasteiger partial charge in [0, 0.05) is 15.6 Å². The van der Waals surface area contributed by atoms with E-state index in [0.717, 1.165) is 10.0 Å². The Morgan fingerprint density at radius 1 is 1.00 bits per heavy atom. The van der Waals surface area contributed by atoms with Crippen LogP contribution in [0.3, 0.4) is 0 Å². The van der Waals surface area contributed by atoms with Crippen LogP contribution in [0.2, 0.25) is 0 Å². The maximum absolute atomic E-state index is 12.3. The van der Waals surface area contributed by atoms with Gasteiger partial charge in [-0.15, -0.1) is 13.2 Å². The van der Waals surface area contributed by atoms with E-state index in [0.29, 0.717) is 16.8 Å². The molecule has 0 saturated heterocycles. The van der Waals surface area contributed by atoms with E-state index >= 15 is 0 Å². The zero-order valence-corrected chi connectivity index (χ0v) is 15.2. The molecule has 0 fully saturated rings. The molecule has 0 aliphatic carbocycles. The van der Waals surface area contributed by atoms with Gasteiger partial charge < -0.3 is 10.5 Å². The van der Waals surface area contributed by atoms with Crippen LogP contribution in [0.5, 0.6) is 5.75 Å². The van der Waals surface area contributed by atoms with Gasteiger partial charge in [0.15, 0.2) is 0 Å². The molecule has 8 heteroatoms. The Labute approximate surface area is 161 Å². The van der Waals surface area contributed by atoms with Crippen LogP contribution >= 0.6 is 15.9 Å².